The van der Waals surface area contributed by atoms with Gasteiger partial charge >= 0.3 is 0 Å². The predicted octanol–water partition coefficient (Wildman–Crippen LogP) is 4.66. The van der Waals surface area contributed by atoms with Crippen molar-refractivity contribution in [2.75, 3.05) is 20.2 Å². The van der Waals surface area contributed by atoms with Crippen LogP contribution in [0.4, 0.5) is 0 Å². The molecular weight excluding hydrogens is 388 g/mol. The third-order valence-electron chi connectivity index (χ3n) is 6.64. The van der Waals surface area contributed by atoms with Crippen LogP contribution in [0.25, 0.3) is 11.1 Å². The van der Waals surface area contributed by atoms with Gasteiger partial charge in [-0.2, -0.15) is 0 Å². The summed E-state index contributed by atoms with van der Waals surface area (Å²) in [5.74, 6) is 1.07. The highest BCUT2D eigenvalue weighted by molar-refractivity contribution is 5.95. The molecule has 2 aliphatic rings. The van der Waals surface area contributed by atoms with Gasteiger partial charge in [0.1, 0.15) is 5.75 Å². The Bertz CT molecular complexity index is 895. The Morgan fingerprint density at radius 2 is 1.61 bits per heavy atom. The van der Waals surface area contributed by atoms with E-state index in [4.69, 9.17) is 4.74 Å². The number of hydrogen-bond donors (Lipinski definition) is 1. The summed E-state index contributed by atoms with van der Waals surface area (Å²) < 4.78 is 5.30. The smallest absolute Gasteiger partial charge is 0.253 e. The molecule has 5 heteroatoms. The first kappa shape index (κ1) is 21.4. The Morgan fingerprint density at radius 1 is 0.903 bits per heavy atom. The Morgan fingerprint density at radius 3 is 2.29 bits per heavy atom. The molecule has 31 heavy (non-hydrogen) atoms. The fourth-order valence-electron chi connectivity index (χ4n) is 4.70. The standard InChI is InChI=1S/C26H32N2O3/c1-31-24-9-5-6-22(18-24)19-10-12-21(13-11-19)26(30)28-16-14-20(15-17-28)25(29)27-23-7-3-2-4-8-23/h5-6,9-13,18,20,23H,2-4,7-8,14-17H2,1H3,(H,27,29). The van der Waals surface area contributed by atoms with E-state index in [1.165, 1.54) is 19.3 Å². The molecule has 1 saturated heterocycles. The number of benzene rings is 2. The van der Waals surface area contributed by atoms with Gasteiger partial charge in [0.2, 0.25) is 5.91 Å². The lowest BCUT2D eigenvalue weighted by Crippen LogP contribution is -2.45. The Balaban J connectivity index is 1.31. The van der Waals surface area contributed by atoms with Gasteiger partial charge in [-0.25, -0.2) is 0 Å². The lowest BCUT2D eigenvalue weighted by molar-refractivity contribution is -0.127. The number of piperidine rings is 1. The molecule has 0 radical (unpaired) electrons. The van der Waals surface area contributed by atoms with Crippen LogP contribution in [0.3, 0.4) is 0 Å². The molecule has 164 valence electrons. The third kappa shape index (κ3) is 5.27. The number of amides is 2. The monoisotopic (exact) mass is 420 g/mol. The molecule has 1 saturated carbocycles. The largest absolute Gasteiger partial charge is 0.497 e. The summed E-state index contributed by atoms with van der Waals surface area (Å²) >= 11 is 0. The molecule has 0 spiro atoms. The lowest BCUT2D eigenvalue weighted by atomic mass is 9.92. The van der Waals surface area contributed by atoms with Gasteiger partial charge in [-0.3, -0.25) is 9.59 Å². The number of carbonyl (C=O) groups excluding carboxylic acids is 2. The van der Waals surface area contributed by atoms with E-state index in [2.05, 4.69) is 5.32 Å². The summed E-state index contributed by atoms with van der Waals surface area (Å²) in [6.07, 6.45) is 7.42. The SMILES string of the molecule is COc1cccc(-c2ccc(C(=O)N3CCC(C(=O)NC4CCCCC4)CC3)cc2)c1. The van der Waals surface area contributed by atoms with Crippen molar-refractivity contribution in [3.05, 3.63) is 54.1 Å². The van der Waals surface area contributed by atoms with Gasteiger partial charge in [-0.1, -0.05) is 43.5 Å². The van der Waals surface area contributed by atoms with Crippen molar-refractivity contribution in [3.63, 3.8) is 0 Å². The highest BCUT2D eigenvalue weighted by Crippen LogP contribution is 2.26. The highest BCUT2D eigenvalue weighted by Gasteiger charge is 2.29. The zero-order valence-corrected chi connectivity index (χ0v) is 18.3. The maximum absolute atomic E-state index is 12.9. The van der Waals surface area contributed by atoms with Crippen LogP contribution in [0.15, 0.2) is 48.5 Å². The van der Waals surface area contributed by atoms with Gasteiger partial charge in [-0.15, -0.1) is 0 Å². The van der Waals surface area contributed by atoms with Crippen LogP contribution in [-0.2, 0) is 4.79 Å². The van der Waals surface area contributed by atoms with Crippen molar-refractivity contribution < 1.29 is 14.3 Å². The highest BCUT2D eigenvalue weighted by atomic mass is 16.5. The molecule has 1 N–H and O–H groups in total. The molecule has 0 bridgehead atoms. The number of hydrogen-bond acceptors (Lipinski definition) is 3. The molecule has 0 atom stereocenters. The number of rotatable bonds is 5. The van der Waals surface area contributed by atoms with Gasteiger partial charge < -0.3 is 15.0 Å². The normalized spacial score (nSPS) is 17.9. The zero-order chi connectivity index (χ0) is 21.6. The van der Waals surface area contributed by atoms with Crippen LogP contribution in [0.1, 0.15) is 55.3 Å². The molecular formula is C26H32N2O3. The van der Waals surface area contributed by atoms with Crippen LogP contribution in [0, 0.1) is 5.92 Å². The molecule has 1 aliphatic heterocycles. The minimum atomic E-state index is 0.0291. The van der Waals surface area contributed by atoms with Gasteiger partial charge in [0.25, 0.3) is 5.91 Å². The topological polar surface area (TPSA) is 58.6 Å². The Hall–Kier alpha value is -2.82. The Kier molecular flexibility index (Phi) is 6.90. The van der Waals surface area contributed by atoms with E-state index < -0.39 is 0 Å². The van der Waals surface area contributed by atoms with Crippen LogP contribution in [-0.4, -0.2) is 43.0 Å². The maximum atomic E-state index is 12.9. The molecule has 2 amide bonds. The predicted molar refractivity (Wildman–Crippen MR) is 122 cm³/mol. The minimum Gasteiger partial charge on any atom is -0.497 e. The molecule has 2 fully saturated rings. The second-order valence-corrected chi connectivity index (χ2v) is 8.72. The summed E-state index contributed by atoms with van der Waals surface area (Å²) in [5.41, 5.74) is 2.80. The van der Waals surface area contributed by atoms with Crippen molar-refractivity contribution in [1.82, 2.24) is 10.2 Å². The van der Waals surface area contributed by atoms with Crippen LogP contribution in [0.2, 0.25) is 0 Å². The first-order chi connectivity index (χ1) is 15.1. The molecule has 0 aromatic heterocycles. The van der Waals surface area contributed by atoms with E-state index >= 15 is 0 Å². The summed E-state index contributed by atoms with van der Waals surface area (Å²) in [6, 6.07) is 16.0. The minimum absolute atomic E-state index is 0.0291. The number of likely N-dealkylation sites (tertiary alicyclic amines) is 1. The second-order valence-electron chi connectivity index (χ2n) is 8.72. The van der Waals surface area contributed by atoms with Gasteiger partial charge in [-0.05, 0) is 61.1 Å². The van der Waals surface area contributed by atoms with Crippen LogP contribution >= 0.6 is 0 Å². The summed E-state index contributed by atoms with van der Waals surface area (Å²) in [4.78, 5) is 27.4. The van der Waals surface area contributed by atoms with E-state index in [0.29, 0.717) is 24.7 Å². The second kappa shape index (κ2) is 9.99. The zero-order valence-electron chi connectivity index (χ0n) is 18.3. The average Bonchev–Trinajstić information content (AvgIpc) is 2.84. The molecule has 1 aliphatic carbocycles. The van der Waals surface area contributed by atoms with E-state index in [9.17, 15) is 9.59 Å². The van der Waals surface area contributed by atoms with Crippen LogP contribution < -0.4 is 10.1 Å². The fourth-order valence-corrected chi connectivity index (χ4v) is 4.70. The molecule has 2 aromatic carbocycles. The van der Waals surface area contributed by atoms with Crippen molar-refractivity contribution in [2.24, 2.45) is 5.92 Å². The molecule has 2 aromatic rings. The number of carbonyl (C=O) groups is 2. The first-order valence-electron chi connectivity index (χ1n) is 11.5. The van der Waals surface area contributed by atoms with Gasteiger partial charge in [0.05, 0.1) is 7.11 Å². The average molecular weight is 421 g/mol. The number of nitrogens with one attached hydrogen (secondary N) is 1. The van der Waals surface area contributed by atoms with E-state index in [0.717, 1.165) is 42.6 Å². The van der Waals surface area contributed by atoms with E-state index in [1.54, 1.807) is 7.11 Å². The number of nitrogens with zero attached hydrogens (tertiary/aromatic N) is 1. The number of methoxy groups -OCH3 is 1. The van der Waals surface area contributed by atoms with E-state index in [-0.39, 0.29) is 17.7 Å². The Labute approximate surface area is 184 Å². The molecule has 1 heterocycles. The lowest BCUT2D eigenvalue weighted by Gasteiger charge is -2.33. The maximum Gasteiger partial charge on any atom is 0.253 e. The van der Waals surface area contributed by atoms with Gasteiger partial charge in [0.15, 0.2) is 0 Å². The fraction of sp³-hybridized carbons (Fsp3) is 0.462. The van der Waals surface area contributed by atoms with Crippen molar-refractivity contribution in [3.8, 4) is 16.9 Å². The third-order valence-corrected chi connectivity index (χ3v) is 6.64. The van der Waals surface area contributed by atoms with Crippen molar-refractivity contribution >= 4 is 11.8 Å². The molecule has 0 unspecified atom stereocenters. The first-order valence-corrected chi connectivity index (χ1v) is 11.5. The quantitative estimate of drug-likeness (QED) is 0.765. The summed E-state index contributed by atoms with van der Waals surface area (Å²) in [6.45, 7) is 1.28. The van der Waals surface area contributed by atoms with Crippen molar-refractivity contribution in [2.45, 2.75) is 51.0 Å². The summed E-state index contributed by atoms with van der Waals surface area (Å²) in [7, 11) is 1.66. The van der Waals surface area contributed by atoms with Crippen molar-refractivity contribution in [1.29, 1.82) is 0 Å². The van der Waals surface area contributed by atoms with Crippen LogP contribution in [0.5, 0.6) is 5.75 Å². The summed E-state index contributed by atoms with van der Waals surface area (Å²) in [5, 5.41) is 3.24. The molecule has 5 nitrogen and oxygen atoms in total. The van der Waals surface area contributed by atoms with Gasteiger partial charge in [0, 0.05) is 30.6 Å². The molecule has 4 rings (SSSR count). The van der Waals surface area contributed by atoms with E-state index in [1.807, 2.05) is 53.4 Å². The number of ether oxygens (including phenoxy) is 1.